The molecule has 0 radical (unpaired) electrons. The summed E-state index contributed by atoms with van der Waals surface area (Å²) in [5, 5.41) is 2.48. The van der Waals surface area contributed by atoms with Gasteiger partial charge in [0.05, 0.1) is 22.4 Å². The molecule has 0 bridgehead atoms. The summed E-state index contributed by atoms with van der Waals surface area (Å²) >= 11 is 0. The second-order valence-electron chi connectivity index (χ2n) is 34.3. The van der Waals surface area contributed by atoms with E-state index in [1.165, 1.54) is 66.0 Å². The van der Waals surface area contributed by atoms with Crippen molar-refractivity contribution in [2.24, 2.45) is 0 Å². The molecule has 97 heavy (non-hydrogen) atoms. The summed E-state index contributed by atoms with van der Waals surface area (Å²) in [4.78, 5) is 5.26. The fourth-order valence-corrected chi connectivity index (χ4v) is 15.8. The molecule has 1 aromatic heterocycles. The molecule has 482 valence electrons. The van der Waals surface area contributed by atoms with Crippen LogP contribution in [-0.4, -0.2) is 18.0 Å². The van der Waals surface area contributed by atoms with Crippen LogP contribution in [0.15, 0.2) is 212 Å². The lowest BCUT2D eigenvalue weighted by molar-refractivity contribution is 0.479. The van der Waals surface area contributed by atoms with E-state index in [4.69, 9.17) is 9.47 Å². The molecule has 0 saturated heterocycles. The Morgan fingerprint density at radius 2 is 0.680 bits per heavy atom. The van der Waals surface area contributed by atoms with Gasteiger partial charge in [0.15, 0.2) is 0 Å². The highest BCUT2D eigenvalue weighted by atomic mass is 16.5. The molecule has 11 aromatic carbocycles. The quantitative estimate of drug-likeness (QED) is 0.161. The topological polar surface area (TPSA) is 29.9 Å². The fraction of sp³-hybridized carbons (Fsp3) is 0.267. The van der Waals surface area contributed by atoms with Crippen LogP contribution in [0.4, 0.5) is 34.1 Å². The predicted octanol–water partition coefficient (Wildman–Crippen LogP) is 20.7. The summed E-state index contributed by atoms with van der Waals surface area (Å²) in [6.07, 6.45) is 0. The van der Waals surface area contributed by atoms with E-state index in [1.54, 1.807) is 0 Å². The van der Waals surface area contributed by atoms with E-state index in [0.29, 0.717) is 0 Å². The zero-order chi connectivity index (χ0) is 67.9. The number of para-hydroxylation sites is 1. The number of hydrogen-bond acceptors (Lipinski definition) is 4. The molecule has 0 amide bonds. The van der Waals surface area contributed by atoms with Crippen molar-refractivity contribution in [3.05, 3.63) is 246 Å². The Morgan fingerprint density at radius 3 is 1.14 bits per heavy atom. The first kappa shape index (κ1) is 62.4. The van der Waals surface area contributed by atoms with Gasteiger partial charge in [-0.1, -0.05) is 258 Å². The molecule has 0 fully saturated rings. The monoisotopic (exact) mass is 1270 g/mol. The van der Waals surface area contributed by atoms with Crippen LogP contribution in [0.2, 0.25) is 0 Å². The van der Waals surface area contributed by atoms with Gasteiger partial charge in [0.2, 0.25) is 0 Å². The number of aromatic nitrogens is 1. The minimum atomic E-state index is -0.245. The minimum Gasteiger partial charge on any atom is -0.458 e. The molecule has 0 saturated carbocycles. The maximum Gasteiger partial charge on any atom is 0.256 e. The highest BCUT2D eigenvalue weighted by molar-refractivity contribution is 7.02. The Balaban J connectivity index is 1.08. The molecular formula is C90H89B2N3O2. The Labute approximate surface area is 576 Å². The molecule has 7 heteroatoms. The molecule has 0 spiro atoms. The normalized spacial score (nSPS) is 14.2. The van der Waals surface area contributed by atoms with Crippen LogP contribution in [0.1, 0.15) is 158 Å². The third-order valence-corrected chi connectivity index (χ3v) is 21.4. The van der Waals surface area contributed by atoms with Gasteiger partial charge in [-0.25, -0.2) is 0 Å². The maximum atomic E-state index is 7.77. The van der Waals surface area contributed by atoms with E-state index in [2.05, 4.69) is 351 Å². The molecule has 12 aromatic rings. The van der Waals surface area contributed by atoms with Crippen LogP contribution in [0.5, 0.6) is 23.0 Å². The molecule has 0 aliphatic carbocycles. The van der Waals surface area contributed by atoms with Crippen LogP contribution in [0.3, 0.4) is 0 Å². The summed E-state index contributed by atoms with van der Waals surface area (Å²) < 4.78 is 17.7. The molecule has 4 aliphatic heterocycles. The van der Waals surface area contributed by atoms with Gasteiger partial charge in [-0.2, -0.15) is 0 Å². The average Bonchev–Trinajstić information content (AvgIpc) is 0.727. The Kier molecular flexibility index (Phi) is 13.8. The maximum absolute atomic E-state index is 7.77. The van der Waals surface area contributed by atoms with Crippen molar-refractivity contribution in [3.8, 4) is 50.9 Å². The van der Waals surface area contributed by atoms with Crippen molar-refractivity contribution in [3.63, 3.8) is 0 Å². The van der Waals surface area contributed by atoms with Gasteiger partial charge < -0.3 is 23.8 Å². The first-order valence-corrected chi connectivity index (χ1v) is 35.1. The molecule has 16 rings (SSSR count). The van der Waals surface area contributed by atoms with E-state index in [0.717, 1.165) is 107 Å². The number of fused-ring (bicyclic) bond motifs is 11. The second-order valence-corrected chi connectivity index (χ2v) is 34.3. The molecular weight excluding hydrogens is 1180 g/mol. The Hall–Kier alpha value is -9.45. The lowest BCUT2D eigenvalue weighted by Crippen LogP contribution is -2.64. The van der Waals surface area contributed by atoms with Crippen LogP contribution in [-0.2, 0) is 32.5 Å². The van der Waals surface area contributed by atoms with E-state index in [9.17, 15) is 0 Å². The Bertz CT molecular complexity index is 5100. The van der Waals surface area contributed by atoms with Gasteiger partial charge in [0.1, 0.15) is 23.0 Å². The van der Waals surface area contributed by atoms with Gasteiger partial charge in [0, 0.05) is 56.4 Å². The van der Waals surface area contributed by atoms with Gasteiger partial charge in [-0.3, -0.25) is 0 Å². The summed E-state index contributed by atoms with van der Waals surface area (Å²) in [5.41, 5.74) is 28.6. The zero-order valence-electron chi connectivity index (χ0n) is 60.0. The number of anilines is 6. The first-order chi connectivity index (χ1) is 45.9. The van der Waals surface area contributed by atoms with Crippen LogP contribution < -0.4 is 52.1 Å². The molecule has 0 atom stereocenters. The van der Waals surface area contributed by atoms with E-state index in [-0.39, 0.29) is 45.9 Å². The zero-order valence-corrected chi connectivity index (χ0v) is 60.0. The third-order valence-electron chi connectivity index (χ3n) is 21.4. The standard InChI is InChI=1S/C90H89B2N3O2/c1-85(2,3)56-32-38-62(39-33-56)93-74-53-75-71(52-70(74)91-68-40-34-59(88(10,11)12)47-78(68)96-80-49-61(90(16,17)18)46-76(93)82(80)91)92-69-41-35-60(89(13,14)15)48-79(69)97-81-51-63(94-72-42-36-57(86(4,5)6)44-66(72)67-45-58(87(7,8)9)37-43-73(67)94)50-77(83(81)92)95(75)84-64(54-26-21-19-22-27-54)30-25-31-65(84)55-28-23-20-24-29-55/h19-53H,1-18H3. The second kappa shape index (κ2) is 21.5. The van der Waals surface area contributed by atoms with Crippen molar-refractivity contribution >= 4 is 102 Å². The number of rotatable bonds is 5. The predicted molar refractivity (Wildman–Crippen MR) is 416 cm³/mol. The smallest absolute Gasteiger partial charge is 0.256 e. The molecule has 5 heterocycles. The highest BCUT2D eigenvalue weighted by Crippen LogP contribution is 2.53. The largest absolute Gasteiger partial charge is 0.458 e. The molecule has 4 aliphatic rings. The lowest BCUT2D eigenvalue weighted by atomic mass is 9.30. The SMILES string of the molecule is CC(C)(C)c1ccc(N2c3cc4c(cc3B3c5ccc(C(C)(C)C)cc5Oc5cc(C(C)(C)C)cc2c53)B2c3ccc(C(C)(C)C)cc3Oc3cc(-n5c6ccc(C(C)(C)C)cc6c6cc(C(C)(C)C)ccc65)cc(c32)N4c2c(-c3ccccc3)cccc2-c2ccccc2)cc1. The average molecular weight is 1270 g/mol. The molecule has 0 unspecified atom stereocenters. The van der Waals surface area contributed by atoms with E-state index < -0.39 is 0 Å². The van der Waals surface area contributed by atoms with Crippen molar-refractivity contribution in [1.82, 2.24) is 4.57 Å². The Morgan fingerprint density at radius 1 is 0.278 bits per heavy atom. The summed E-state index contributed by atoms with van der Waals surface area (Å²) in [6, 6.07) is 81.9. The molecule has 0 N–H and O–H groups in total. The van der Waals surface area contributed by atoms with Gasteiger partial charge >= 0.3 is 0 Å². The van der Waals surface area contributed by atoms with Gasteiger partial charge in [0.25, 0.3) is 13.4 Å². The van der Waals surface area contributed by atoms with Gasteiger partial charge in [-0.05, 0) is 183 Å². The third kappa shape index (κ3) is 10.2. The van der Waals surface area contributed by atoms with E-state index >= 15 is 0 Å². The van der Waals surface area contributed by atoms with Crippen LogP contribution in [0, 0.1) is 0 Å². The number of hydrogen-bond donors (Lipinski definition) is 0. The number of ether oxygens (including phenoxy) is 2. The lowest BCUT2D eigenvalue weighted by Gasteiger charge is -2.45. The molecule has 5 nitrogen and oxygen atoms in total. The highest BCUT2D eigenvalue weighted by Gasteiger charge is 2.49. The van der Waals surface area contributed by atoms with Crippen LogP contribution >= 0.6 is 0 Å². The minimum absolute atomic E-state index is 0.0525. The van der Waals surface area contributed by atoms with Crippen molar-refractivity contribution < 1.29 is 9.47 Å². The van der Waals surface area contributed by atoms with Crippen LogP contribution in [0.25, 0.3) is 49.7 Å². The summed E-state index contributed by atoms with van der Waals surface area (Å²) in [5.74, 6) is 3.57. The van der Waals surface area contributed by atoms with Crippen molar-refractivity contribution in [2.45, 2.75) is 157 Å². The number of benzene rings is 11. The number of nitrogens with zero attached hydrogens (tertiary/aromatic N) is 3. The van der Waals surface area contributed by atoms with Crippen molar-refractivity contribution in [2.75, 3.05) is 9.80 Å². The van der Waals surface area contributed by atoms with Crippen molar-refractivity contribution in [1.29, 1.82) is 0 Å². The summed E-state index contributed by atoms with van der Waals surface area (Å²) in [6.45, 7) is 41.3. The van der Waals surface area contributed by atoms with E-state index in [1.807, 2.05) is 0 Å². The summed E-state index contributed by atoms with van der Waals surface area (Å²) in [7, 11) is 0. The first-order valence-electron chi connectivity index (χ1n) is 35.1. The fourth-order valence-electron chi connectivity index (χ4n) is 15.8. The van der Waals surface area contributed by atoms with Gasteiger partial charge in [-0.15, -0.1) is 0 Å².